The number of hydrogen-bond acceptors (Lipinski definition) is 8. The molecule has 5 atom stereocenters. The highest BCUT2D eigenvalue weighted by atomic mass is 32.2. The van der Waals surface area contributed by atoms with Crippen molar-refractivity contribution < 1.29 is 49.6 Å². The first-order chi connectivity index (χ1) is 22.5. The van der Waals surface area contributed by atoms with Crippen molar-refractivity contribution in [2.45, 2.75) is 63.3 Å². The van der Waals surface area contributed by atoms with Crippen LogP contribution < -0.4 is 0 Å². The van der Waals surface area contributed by atoms with E-state index < -0.39 is 79.0 Å². The van der Waals surface area contributed by atoms with Crippen molar-refractivity contribution in [3.63, 3.8) is 0 Å². The lowest BCUT2D eigenvalue weighted by Crippen LogP contribution is -2.44. The number of fused-ring (bicyclic) bond motifs is 1. The number of aliphatic hydroxyl groups excluding tert-OH is 1. The SMILES string of the molecule is [2H]C1([2H])O[C@]2([2H])OC([2H])([2H])[C@]([2H])(OC(=O)C[C@@H](Cc3ccccc3)[C@@H](CN(CC(C)C)S(=O)(=O)c3ccc(C)cc3)OCO)[C@]2([2H])C1([2H])[2H]. The summed E-state index contributed by atoms with van der Waals surface area (Å²) in [6, 6.07) is 14.8. The van der Waals surface area contributed by atoms with Crippen molar-refractivity contribution in [2.24, 2.45) is 17.7 Å². The highest BCUT2D eigenvalue weighted by molar-refractivity contribution is 7.89. The monoisotopic (exact) mass is 584 g/mol. The van der Waals surface area contributed by atoms with Crippen LogP contribution in [0.1, 0.15) is 50.1 Å². The second kappa shape index (κ2) is 14.0. The molecule has 0 unspecified atom stereocenters. The Morgan fingerprint density at radius 2 is 1.88 bits per heavy atom. The lowest BCUT2D eigenvalue weighted by Gasteiger charge is -2.32. The van der Waals surface area contributed by atoms with E-state index in [0.717, 1.165) is 5.56 Å². The van der Waals surface area contributed by atoms with Crippen molar-refractivity contribution in [3.05, 3.63) is 65.7 Å². The number of nitrogens with zero attached hydrogens (tertiary/aromatic N) is 1. The zero-order valence-electron chi connectivity index (χ0n) is 31.6. The fourth-order valence-electron chi connectivity index (χ4n) is 4.46. The summed E-state index contributed by atoms with van der Waals surface area (Å²) in [5, 5.41) is 9.90. The molecule has 2 aromatic rings. The van der Waals surface area contributed by atoms with Crippen LogP contribution in [0.3, 0.4) is 0 Å². The first kappa shape index (κ1) is 20.5. The van der Waals surface area contributed by atoms with Crippen LogP contribution >= 0.6 is 0 Å². The van der Waals surface area contributed by atoms with Gasteiger partial charge in [0.15, 0.2) is 6.27 Å². The zero-order valence-corrected chi connectivity index (χ0v) is 23.4. The lowest BCUT2D eigenvalue weighted by atomic mass is 9.90. The average Bonchev–Trinajstić information content (AvgIpc) is 3.17. The molecule has 220 valence electrons. The number of carbonyl (C=O) groups excluding carboxylic acids is 1. The van der Waals surface area contributed by atoms with Crippen LogP contribution in [0.4, 0.5) is 0 Å². The van der Waals surface area contributed by atoms with E-state index in [1.807, 2.05) is 0 Å². The summed E-state index contributed by atoms with van der Waals surface area (Å²) < 4.78 is 124. The Kier molecular flexibility index (Phi) is 7.19. The molecule has 2 aliphatic rings. The molecular weight excluding hydrogens is 534 g/mol. The van der Waals surface area contributed by atoms with Gasteiger partial charge in [0.2, 0.25) is 10.0 Å². The van der Waals surface area contributed by atoms with E-state index in [2.05, 4.69) is 0 Å². The van der Waals surface area contributed by atoms with Crippen molar-refractivity contribution >= 4 is 16.0 Å². The van der Waals surface area contributed by atoms with Crippen LogP contribution in [0.15, 0.2) is 59.5 Å². The topological polar surface area (TPSA) is 112 Å². The van der Waals surface area contributed by atoms with Gasteiger partial charge in [-0.2, -0.15) is 4.31 Å². The van der Waals surface area contributed by atoms with Crippen molar-refractivity contribution in [1.29, 1.82) is 0 Å². The fraction of sp³-hybridized carbons (Fsp3) is 0.567. The van der Waals surface area contributed by atoms with E-state index in [1.165, 1.54) is 16.4 Å². The minimum absolute atomic E-state index is 0.00710. The lowest BCUT2D eigenvalue weighted by molar-refractivity contribution is -0.154. The Bertz CT molecular complexity index is 1600. The summed E-state index contributed by atoms with van der Waals surface area (Å²) >= 11 is 0. The highest BCUT2D eigenvalue weighted by Gasteiger charge is 2.44. The van der Waals surface area contributed by atoms with Gasteiger partial charge in [0.05, 0.1) is 44.7 Å². The minimum atomic E-state index is -4.13. The molecule has 0 spiro atoms. The zero-order chi connectivity index (χ0) is 36.8. The van der Waals surface area contributed by atoms with Crippen LogP contribution in [0.2, 0.25) is 0 Å². The largest absolute Gasteiger partial charge is 0.459 e. The van der Waals surface area contributed by atoms with Gasteiger partial charge in [-0.05, 0) is 43.3 Å². The number of carbonyl (C=O) groups is 1. The van der Waals surface area contributed by atoms with Gasteiger partial charge in [-0.3, -0.25) is 4.79 Å². The Labute approximate surface area is 250 Å². The fourth-order valence-corrected chi connectivity index (χ4v) is 6.07. The maximum atomic E-state index is 13.9. The number of aliphatic hydroxyl groups is 1. The molecule has 1 N–H and O–H groups in total. The third-order valence-electron chi connectivity index (χ3n) is 6.40. The quantitative estimate of drug-likeness (QED) is 0.265. The molecule has 0 aromatic heterocycles. The van der Waals surface area contributed by atoms with Crippen LogP contribution in [0.25, 0.3) is 0 Å². The van der Waals surface area contributed by atoms with E-state index in [4.69, 9.17) is 31.3 Å². The number of hydrogen-bond donors (Lipinski definition) is 1. The smallest absolute Gasteiger partial charge is 0.306 e. The van der Waals surface area contributed by atoms with Crippen LogP contribution in [0, 0.1) is 24.7 Å². The predicted octanol–water partition coefficient (Wildman–Crippen LogP) is 3.53. The normalized spacial score (nSPS) is 35.0. The van der Waals surface area contributed by atoms with Gasteiger partial charge in [-0.25, -0.2) is 8.42 Å². The first-order valence-electron chi connectivity index (χ1n) is 17.4. The number of esters is 1. The predicted molar refractivity (Wildman–Crippen MR) is 149 cm³/mol. The van der Waals surface area contributed by atoms with Crippen LogP contribution in [0.5, 0.6) is 0 Å². The van der Waals surface area contributed by atoms with Gasteiger partial charge < -0.3 is 24.1 Å². The minimum Gasteiger partial charge on any atom is -0.459 e. The third-order valence-corrected chi connectivity index (χ3v) is 8.24. The molecule has 0 bridgehead atoms. The van der Waals surface area contributed by atoms with E-state index in [9.17, 15) is 18.3 Å². The molecule has 0 radical (unpaired) electrons. The van der Waals surface area contributed by atoms with Crippen molar-refractivity contribution in [3.8, 4) is 0 Å². The number of sulfonamides is 1. The maximum absolute atomic E-state index is 13.9. The Balaban J connectivity index is 1.72. The molecule has 0 saturated carbocycles. The van der Waals surface area contributed by atoms with Crippen molar-refractivity contribution in [2.75, 3.05) is 33.0 Å². The molecular formula is C30H41NO8S. The number of benzene rings is 2. The highest BCUT2D eigenvalue weighted by Crippen LogP contribution is 2.34. The Hall–Kier alpha value is -2.34. The summed E-state index contributed by atoms with van der Waals surface area (Å²) in [6.45, 7) is -2.73. The van der Waals surface area contributed by atoms with Crippen LogP contribution in [-0.2, 0) is 40.2 Å². The molecule has 4 rings (SSSR count). The molecule has 2 heterocycles. The van der Waals surface area contributed by atoms with Gasteiger partial charge in [0, 0.05) is 23.1 Å². The number of rotatable bonds is 14. The second-order valence-electron chi connectivity index (χ2n) is 10.0. The molecule has 2 aromatic carbocycles. The van der Waals surface area contributed by atoms with E-state index >= 15 is 0 Å². The number of aryl methyl sites for hydroxylation is 1. The summed E-state index contributed by atoms with van der Waals surface area (Å²) in [6.07, 6.45) is -12.6. The standard InChI is InChI=1S/C30H41NO8S/c1-21(2)17-31(40(34,35)25-11-9-22(3)10-12-25)18-27(38-20-32)24(15-23-7-5-4-6-8-23)16-29(33)39-28-19-37-30-26(28)13-14-36-30/h4-12,21,24,26-28,30,32H,13-20H2,1-3H3/t24-,26+,27-,28+,30-/m1/s1/i13D2,14D2,19D2,26D,28D,30D. The Morgan fingerprint density at radius 3 is 2.55 bits per heavy atom. The Morgan fingerprint density at radius 1 is 1.15 bits per heavy atom. The first-order valence-corrected chi connectivity index (χ1v) is 14.4. The molecule has 10 heteroatoms. The molecule has 9 nitrogen and oxygen atoms in total. The molecule has 0 aliphatic carbocycles. The molecule has 0 amide bonds. The van der Waals surface area contributed by atoms with Gasteiger partial charge in [-0.1, -0.05) is 61.9 Å². The van der Waals surface area contributed by atoms with Crippen LogP contribution in [-0.4, -0.2) is 75.2 Å². The van der Waals surface area contributed by atoms with E-state index in [0.29, 0.717) is 5.56 Å². The van der Waals surface area contributed by atoms with Gasteiger partial charge in [-0.15, -0.1) is 0 Å². The van der Waals surface area contributed by atoms with Gasteiger partial charge in [0.1, 0.15) is 12.9 Å². The van der Waals surface area contributed by atoms with Gasteiger partial charge in [0.25, 0.3) is 0 Å². The van der Waals surface area contributed by atoms with Crippen molar-refractivity contribution in [1.82, 2.24) is 4.31 Å². The average molecular weight is 585 g/mol. The summed E-state index contributed by atoms with van der Waals surface area (Å²) in [5.41, 5.74) is 1.49. The maximum Gasteiger partial charge on any atom is 0.306 e. The van der Waals surface area contributed by atoms with E-state index in [-0.39, 0.29) is 30.3 Å². The molecule has 2 fully saturated rings. The summed E-state index contributed by atoms with van der Waals surface area (Å²) in [4.78, 5) is 13.7. The second-order valence-corrected chi connectivity index (χ2v) is 12.0. The van der Waals surface area contributed by atoms with E-state index in [1.54, 1.807) is 63.2 Å². The molecule has 2 aliphatic heterocycles. The third kappa shape index (κ3) is 7.90. The number of ether oxygens (including phenoxy) is 4. The van der Waals surface area contributed by atoms with Gasteiger partial charge >= 0.3 is 5.97 Å². The molecule has 2 saturated heterocycles. The summed E-state index contributed by atoms with van der Waals surface area (Å²) in [7, 11) is -4.13. The summed E-state index contributed by atoms with van der Waals surface area (Å²) in [5.74, 6) is -6.16. The molecule has 40 heavy (non-hydrogen) atoms.